The van der Waals surface area contributed by atoms with Crippen LogP contribution in [0.1, 0.15) is 20.7 Å². The quantitative estimate of drug-likeness (QED) is 0.544. The number of esters is 2. The molecule has 5 nitrogen and oxygen atoms in total. The third-order valence-corrected chi connectivity index (χ3v) is 4.56. The fraction of sp³-hybridized carbons (Fsp3) is 0.263. The Morgan fingerprint density at radius 3 is 2.15 bits per heavy atom. The Hall–Kier alpha value is -2.25. The Morgan fingerprint density at radius 1 is 1.04 bits per heavy atom. The monoisotopic (exact) mass is 422 g/mol. The van der Waals surface area contributed by atoms with Crippen molar-refractivity contribution in [2.24, 2.45) is 0 Å². The molecule has 136 valence electrons. The molecule has 0 N–H and O–H groups in total. The number of rotatable bonds is 5. The van der Waals surface area contributed by atoms with Crippen molar-refractivity contribution in [2.45, 2.75) is 16.8 Å². The second-order valence-electron chi connectivity index (χ2n) is 5.77. The van der Waals surface area contributed by atoms with Crippen molar-refractivity contribution in [3.8, 4) is 0 Å². The first kappa shape index (κ1) is 18.5. The molecule has 1 aliphatic rings. The highest BCUT2D eigenvalue weighted by Gasteiger charge is 2.52. The van der Waals surface area contributed by atoms with Crippen molar-refractivity contribution in [1.29, 1.82) is 0 Å². The summed E-state index contributed by atoms with van der Waals surface area (Å²) in [6.45, 7) is -0.564. The van der Waals surface area contributed by atoms with E-state index in [0.717, 1.165) is 0 Å². The van der Waals surface area contributed by atoms with Crippen LogP contribution in [-0.2, 0) is 14.2 Å². The molecule has 2 aromatic carbocycles. The molecule has 26 heavy (non-hydrogen) atoms. The molecule has 7 heteroatoms. The molecule has 0 radical (unpaired) electrons. The van der Waals surface area contributed by atoms with Crippen LogP contribution in [0.4, 0.5) is 4.39 Å². The van der Waals surface area contributed by atoms with Gasteiger partial charge in [-0.05, 0) is 40.2 Å². The maximum absolute atomic E-state index is 14.6. The highest BCUT2D eigenvalue weighted by Crippen LogP contribution is 2.37. The van der Waals surface area contributed by atoms with Crippen molar-refractivity contribution in [1.82, 2.24) is 0 Å². The molecule has 3 atom stereocenters. The molecular formula is C19H16BrFO5. The lowest BCUT2D eigenvalue weighted by atomic mass is 10.1. The molecule has 0 aliphatic carbocycles. The van der Waals surface area contributed by atoms with Crippen molar-refractivity contribution < 1.29 is 28.2 Å². The summed E-state index contributed by atoms with van der Waals surface area (Å²) in [6, 6.07) is 16.6. The lowest BCUT2D eigenvalue weighted by Gasteiger charge is -2.23. The SMILES string of the molecule is O=C(OC[C@H]1OC[C@@](F)(Br)[C@@H]1OC(=O)c1ccccc1)c1ccccc1. The number of ether oxygens (including phenoxy) is 3. The fourth-order valence-corrected chi connectivity index (χ4v) is 3.05. The number of hydrogen-bond acceptors (Lipinski definition) is 5. The van der Waals surface area contributed by atoms with Crippen LogP contribution in [0.5, 0.6) is 0 Å². The van der Waals surface area contributed by atoms with E-state index in [1.807, 2.05) is 0 Å². The first-order valence-corrected chi connectivity index (χ1v) is 8.74. The van der Waals surface area contributed by atoms with E-state index >= 15 is 0 Å². The standard InChI is InChI=1S/C19H16BrFO5/c20-19(21)12-25-15(11-24-17(22)13-7-3-1-4-8-13)16(19)26-18(23)14-9-5-2-6-10-14/h1-10,15-16H,11-12H2/t15-,16-,19+/m1/s1. The van der Waals surface area contributed by atoms with Gasteiger partial charge >= 0.3 is 11.9 Å². The van der Waals surface area contributed by atoms with Gasteiger partial charge in [0.2, 0.25) is 4.58 Å². The van der Waals surface area contributed by atoms with Gasteiger partial charge in [-0.3, -0.25) is 0 Å². The zero-order valence-electron chi connectivity index (χ0n) is 13.6. The minimum atomic E-state index is -2.05. The summed E-state index contributed by atoms with van der Waals surface area (Å²) in [5, 5.41) is 0. The van der Waals surface area contributed by atoms with Gasteiger partial charge in [-0.25, -0.2) is 14.0 Å². The Morgan fingerprint density at radius 2 is 1.58 bits per heavy atom. The van der Waals surface area contributed by atoms with E-state index in [2.05, 4.69) is 15.9 Å². The highest BCUT2D eigenvalue weighted by atomic mass is 79.9. The van der Waals surface area contributed by atoms with Crippen LogP contribution in [0.3, 0.4) is 0 Å². The molecule has 1 fully saturated rings. The lowest BCUT2D eigenvalue weighted by Crippen LogP contribution is -2.41. The van der Waals surface area contributed by atoms with Gasteiger partial charge in [-0.1, -0.05) is 36.4 Å². The summed E-state index contributed by atoms with van der Waals surface area (Å²) >= 11 is 2.89. The zero-order chi connectivity index (χ0) is 18.6. The van der Waals surface area contributed by atoms with Gasteiger partial charge in [0.1, 0.15) is 12.7 Å². The van der Waals surface area contributed by atoms with E-state index in [9.17, 15) is 14.0 Å². The normalized spacial score (nSPS) is 24.8. The second kappa shape index (κ2) is 7.97. The minimum absolute atomic E-state index is 0.238. The molecular weight excluding hydrogens is 407 g/mol. The Labute approximate surface area is 158 Å². The summed E-state index contributed by atoms with van der Waals surface area (Å²) in [4.78, 5) is 24.2. The van der Waals surface area contributed by atoms with Crippen LogP contribution >= 0.6 is 15.9 Å². The summed E-state index contributed by atoms with van der Waals surface area (Å²) in [5.74, 6) is -1.24. The summed E-state index contributed by atoms with van der Waals surface area (Å²) in [5.41, 5.74) is 0.663. The largest absolute Gasteiger partial charge is 0.459 e. The van der Waals surface area contributed by atoms with Crippen LogP contribution in [0, 0.1) is 0 Å². The smallest absolute Gasteiger partial charge is 0.338 e. The van der Waals surface area contributed by atoms with E-state index in [1.54, 1.807) is 60.7 Å². The predicted octanol–water partition coefficient (Wildman–Crippen LogP) is 3.53. The maximum atomic E-state index is 14.6. The van der Waals surface area contributed by atoms with Crippen molar-refractivity contribution in [3.05, 3.63) is 71.8 Å². The van der Waals surface area contributed by atoms with Gasteiger partial charge in [0.15, 0.2) is 6.10 Å². The average molecular weight is 423 g/mol. The molecule has 1 saturated heterocycles. The Kier molecular flexibility index (Phi) is 5.68. The second-order valence-corrected chi connectivity index (χ2v) is 7.09. The van der Waals surface area contributed by atoms with Crippen LogP contribution in [0.15, 0.2) is 60.7 Å². The Balaban J connectivity index is 1.64. The van der Waals surface area contributed by atoms with Gasteiger partial charge in [-0.2, -0.15) is 0 Å². The number of benzene rings is 2. The van der Waals surface area contributed by atoms with Gasteiger partial charge in [0.25, 0.3) is 0 Å². The number of carbonyl (C=O) groups is 2. The molecule has 2 aromatic rings. The molecule has 0 bridgehead atoms. The third-order valence-electron chi connectivity index (χ3n) is 3.88. The average Bonchev–Trinajstić information content (AvgIpc) is 2.95. The van der Waals surface area contributed by atoms with Crippen molar-refractivity contribution in [3.63, 3.8) is 0 Å². The first-order chi connectivity index (χ1) is 12.5. The lowest BCUT2D eigenvalue weighted by molar-refractivity contribution is -0.0342. The fourth-order valence-electron chi connectivity index (χ4n) is 2.53. The minimum Gasteiger partial charge on any atom is -0.459 e. The van der Waals surface area contributed by atoms with Crippen molar-refractivity contribution in [2.75, 3.05) is 13.2 Å². The number of alkyl halides is 2. The molecule has 0 amide bonds. The highest BCUT2D eigenvalue weighted by molar-refractivity contribution is 9.10. The third kappa shape index (κ3) is 4.28. The van der Waals surface area contributed by atoms with Gasteiger partial charge < -0.3 is 14.2 Å². The predicted molar refractivity (Wildman–Crippen MR) is 94.9 cm³/mol. The molecule has 0 saturated carbocycles. The molecule has 0 aromatic heterocycles. The van der Waals surface area contributed by atoms with E-state index in [4.69, 9.17) is 14.2 Å². The number of hydrogen-bond donors (Lipinski definition) is 0. The summed E-state index contributed by atoms with van der Waals surface area (Å²) in [6.07, 6.45) is -2.17. The molecule has 0 unspecified atom stereocenters. The zero-order valence-corrected chi connectivity index (χ0v) is 15.2. The summed E-state index contributed by atoms with van der Waals surface area (Å²) in [7, 11) is 0. The summed E-state index contributed by atoms with van der Waals surface area (Å²) < 4.78 is 28.4. The molecule has 3 rings (SSSR count). The van der Waals surface area contributed by atoms with E-state index in [1.165, 1.54) is 0 Å². The van der Waals surface area contributed by atoms with Crippen LogP contribution in [0.2, 0.25) is 0 Å². The first-order valence-electron chi connectivity index (χ1n) is 7.95. The molecule has 0 spiro atoms. The van der Waals surface area contributed by atoms with Crippen LogP contribution in [0.25, 0.3) is 0 Å². The van der Waals surface area contributed by atoms with E-state index in [0.29, 0.717) is 11.1 Å². The Bertz CT molecular complexity index is 766. The van der Waals surface area contributed by atoms with E-state index in [-0.39, 0.29) is 13.2 Å². The van der Waals surface area contributed by atoms with E-state index < -0.39 is 28.7 Å². The van der Waals surface area contributed by atoms with Gasteiger partial charge in [0, 0.05) is 0 Å². The van der Waals surface area contributed by atoms with Gasteiger partial charge in [0.05, 0.1) is 17.7 Å². The maximum Gasteiger partial charge on any atom is 0.338 e. The molecule has 1 aliphatic heterocycles. The van der Waals surface area contributed by atoms with Gasteiger partial charge in [-0.15, -0.1) is 0 Å². The number of carbonyl (C=O) groups excluding carboxylic acids is 2. The number of halogens is 2. The molecule has 1 heterocycles. The van der Waals surface area contributed by atoms with Crippen LogP contribution in [-0.4, -0.2) is 41.9 Å². The van der Waals surface area contributed by atoms with Crippen LogP contribution < -0.4 is 0 Å². The topological polar surface area (TPSA) is 61.8 Å². The van der Waals surface area contributed by atoms with Crippen molar-refractivity contribution >= 4 is 27.9 Å².